The summed E-state index contributed by atoms with van der Waals surface area (Å²) < 4.78 is 7.62. The first-order chi connectivity index (χ1) is 14.3. The lowest BCUT2D eigenvalue weighted by Gasteiger charge is -2.19. The summed E-state index contributed by atoms with van der Waals surface area (Å²) in [5.41, 5.74) is 4.63. The van der Waals surface area contributed by atoms with Crippen molar-refractivity contribution in [3.63, 3.8) is 0 Å². The molecule has 7 heteroatoms. The quantitative estimate of drug-likeness (QED) is 0.397. The van der Waals surface area contributed by atoms with E-state index in [2.05, 4.69) is 89.1 Å². The maximum Gasteiger partial charge on any atom is 0.226 e. The third-order valence-corrected chi connectivity index (χ3v) is 5.81. The SMILES string of the molecule is Cc1nnc(CSc2nnc(-c3ccc(C(C)(C)C)cc3)n2-c2ccccc2C)o1. The van der Waals surface area contributed by atoms with Gasteiger partial charge >= 0.3 is 0 Å². The molecule has 0 spiro atoms. The molecule has 0 radical (unpaired) electrons. The Kier molecular flexibility index (Phi) is 5.47. The molecule has 2 aromatic carbocycles. The average molecular weight is 420 g/mol. The van der Waals surface area contributed by atoms with E-state index in [1.165, 1.54) is 17.3 Å². The fourth-order valence-corrected chi connectivity index (χ4v) is 4.00. The van der Waals surface area contributed by atoms with Gasteiger partial charge in [0.1, 0.15) is 0 Å². The molecular weight excluding hydrogens is 394 g/mol. The summed E-state index contributed by atoms with van der Waals surface area (Å²) in [5.74, 6) is 2.49. The summed E-state index contributed by atoms with van der Waals surface area (Å²) in [6.07, 6.45) is 0. The van der Waals surface area contributed by atoms with E-state index in [4.69, 9.17) is 4.42 Å². The molecule has 2 aromatic heterocycles. The standard InChI is InChI=1S/C23H25N5OS/c1-15-8-6-7-9-19(15)28-21(17-10-12-18(13-11-17)23(3,4)5)26-27-22(28)30-14-20-25-24-16(2)29-20/h6-13H,14H2,1-5H3. The fourth-order valence-electron chi connectivity index (χ4n) is 3.22. The highest BCUT2D eigenvalue weighted by Crippen LogP contribution is 2.32. The molecule has 0 bridgehead atoms. The Balaban J connectivity index is 1.75. The third kappa shape index (κ3) is 4.16. The Labute approximate surface area is 180 Å². The number of para-hydroxylation sites is 1. The zero-order chi connectivity index (χ0) is 21.3. The van der Waals surface area contributed by atoms with Crippen LogP contribution in [0.4, 0.5) is 0 Å². The number of nitrogens with zero attached hydrogens (tertiary/aromatic N) is 5. The van der Waals surface area contributed by atoms with E-state index >= 15 is 0 Å². The zero-order valence-electron chi connectivity index (χ0n) is 17.9. The van der Waals surface area contributed by atoms with E-state index in [0.29, 0.717) is 17.5 Å². The van der Waals surface area contributed by atoms with Gasteiger partial charge in [-0.25, -0.2) is 0 Å². The topological polar surface area (TPSA) is 69.6 Å². The third-order valence-electron chi connectivity index (χ3n) is 4.89. The van der Waals surface area contributed by atoms with Crippen molar-refractivity contribution in [2.75, 3.05) is 0 Å². The smallest absolute Gasteiger partial charge is 0.226 e. The first kappa shape index (κ1) is 20.3. The molecule has 0 aliphatic carbocycles. The number of hydrogen-bond donors (Lipinski definition) is 0. The number of benzene rings is 2. The predicted octanol–water partition coefficient (Wildman–Crippen LogP) is 5.52. The normalized spacial score (nSPS) is 11.8. The van der Waals surface area contributed by atoms with E-state index in [0.717, 1.165) is 27.8 Å². The van der Waals surface area contributed by atoms with Gasteiger partial charge in [0.2, 0.25) is 11.8 Å². The number of hydrogen-bond acceptors (Lipinski definition) is 6. The van der Waals surface area contributed by atoms with Crippen LogP contribution in [0.15, 0.2) is 58.1 Å². The van der Waals surface area contributed by atoms with Crippen LogP contribution in [0.3, 0.4) is 0 Å². The molecule has 0 unspecified atom stereocenters. The van der Waals surface area contributed by atoms with Crippen LogP contribution in [-0.4, -0.2) is 25.0 Å². The maximum absolute atomic E-state index is 5.51. The molecule has 0 aliphatic rings. The van der Waals surface area contributed by atoms with Gasteiger partial charge in [-0.3, -0.25) is 4.57 Å². The molecule has 0 saturated heterocycles. The summed E-state index contributed by atoms with van der Waals surface area (Å²) >= 11 is 1.53. The Bertz CT molecular complexity index is 1160. The van der Waals surface area contributed by atoms with Crippen LogP contribution in [0.5, 0.6) is 0 Å². The molecule has 2 heterocycles. The monoisotopic (exact) mass is 419 g/mol. The van der Waals surface area contributed by atoms with E-state index in [9.17, 15) is 0 Å². The number of aryl methyl sites for hydroxylation is 2. The van der Waals surface area contributed by atoms with Crippen molar-refractivity contribution < 1.29 is 4.42 Å². The summed E-state index contributed by atoms with van der Waals surface area (Å²) in [5, 5.41) is 17.8. The lowest BCUT2D eigenvalue weighted by atomic mass is 9.87. The lowest BCUT2D eigenvalue weighted by molar-refractivity contribution is 0.485. The summed E-state index contributed by atoms with van der Waals surface area (Å²) in [6.45, 7) is 10.5. The van der Waals surface area contributed by atoms with Gasteiger partial charge in [-0.15, -0.1) is 20.4 Å². The average Bonchev–Trinajstić information content (AvgIpc) is 3.32. The number of thioether (sulfide) groups is 1. The highest BCUT2D eigenvalue weighted by atomic mass is 32.2. The van der Waals surface area contributed by atoms with Gasteiger partial charge in [0.05, 0.1) is 11.4 Å². The van der Waals surface area contributed by atoms with E-state index in [1.807, 2.05) is 12.1 Å². The Hall–Kier alpha value is -2.93. The van der Waals surface area contributed by atoms with Crippen molar-refractivity contribution in [1.29, 1.82) is 0 Å². The van der Waals surface area contributed by atoms with Crippen LogP contribution in [0.25, 0.3) is 17.1 Å². The minimum atomic E-state index is 0.103. The van der Waals surface area contributed by atoms with Crippen molar-refractivity contribution in [1.82, 2.24) is 25.0 Å². The van der Waals surface area contributed by atoms with E-state index < -0.39 is 0 Å². The molecule has 154 valence electrons. The molecule has 0 saturated carbocycles. The number of aromatic nitrogens is 5. The molecule has 6 nitrogen and oxygen atoms in total. The van der Waals surface area contributed by atoms with Crippen LogP contribution in [0.2, 0.25) is 0 Å². The van der Waals surface area contributed by atoms with Crippen LogP contribution < -0.4 is 0 Å². The first-order valence-electron chi connectivity index (χ1n) is 9.87. The minimum absolute atomic E-state index is 0.103. The van der Waals surface area contributed by atoms with Gasteiger partial charge in [0.25, 0.3) is 0 Å². The van der Waals surface area contributed by atoms with Gasteiger partial charge < -0.3 is 4.42 Å². The van der Waals surface area contributed by atoms with Crippen molar-refractivity contribution >= 4 is 11.8 Å². The van der Waals surface area contributed by atoms with E-state index in [-0.39, 0.29) is 5.41 Å². The molecule has 4 rings (SSSR count). The van der Waals surface area contributed by atoms with Gasteiger partial charge in [0, 0.05) is 12.5 Å². The van der Waals surface area contributed by atoms with Gasteiger partial charge in [-0.2, -0.15) is 0 Å². The molecule has 0 fully saturated rings. The Morgan fingerprint density at radius 1 is 0.900 bits per heavy atom. The van der Waals surface area contributed by atoms with Gasteiger partial charge in [-0.1, -0.05) is 75.0 Å². The highest BCUT2D eigenvalue weighted by Gasteiger charge is 2.19. The molecule has 4 aromatic rings. The Morgan fingerprint density at radius 2 is 1.63 bits per heavy atom. The zero-order valence-corrected chi connectivity index (χ0v) is 18.7. The highest BCUT2D eigenvalue weighted by molar-refractivity contribution is 7.98. The van der Waals surface area contributed by atoms with E-state index in [1.54, 1.807) is 6.92 Å². The number of rotatable bonds is 5. The van der Waals surface area contributed by atoms with Crippen molar-refractivity contribution in [2.45, 2.75) is 50.9 Å². The molecule has 0 aliphatic heterocycles. The summed E-state index contributed by atoms with van der Waals surface area (Å²) in [4.78, 5) is 0. The largest absolute Gasteiger partial charge is 0.425 e. The summed E-state index contributed by atoms with van der Waals surface area (Å²) in [6, 6.07) is 16.8. The van der Waals surface area contributed by atoms with Gasteiger partial charge in [-0.05, 0) is 29.5 Å². The van der Waals surface area contributed by atoms with Crippen molar-refractivity contribution in [3.05, 3.63) is 71.4 Å². The molecule has 30 heavy (non-hydrogen) atoms. The second-order valence-corrected chi connectivity index (χ2v) is 9.20. The predicted molar refractivity (Wildman–Crippen MR) is 119 cm³/mol. The first-order valence-corrected chi connectivity index (χ1v) is 10.9. The van der Waals surface area contributed by atoms with Crippen molar-refractivity contribution in [2.24, 2.45) is 0 Å². The molecule has 0 atom stereocenters. The fraction of sp³-hybridized carbons (Fsp3) is 0.304. The summed E-state index contributed by atoms with van der Waals surface area (Å²) in [7, 11) is 0. The molecule has 0 amide bonds. The second kappa shape index (κ2) is 8.07. The maximum atomic E-state index is 5.51. The van der Waals surface area contributed by atoms with Crippen LogP contribution in [0.1, 0.15) is 43.7 Å². The second-order valence-electron chi connectivity index (χ2n) is 8.26. The Morgan fingerprint density at radius 3 is 2.27 bits per heavy atom. The molecule has 0 N–H and O–H groups in total. The minimum Gasteiger partial charge on any atom is -0.425 e. The van der Waals surface area contributed by atoms with Crippen LogP contribution in [-0.2, 0) is 11.2 Å². The van der Waals surface area contributed by atoms with Crippen LogP contribution in [0, 0.1) is 13.8 Å². The molecular formula is C23H25N5OS. The lowest BCUT2D eigenvalue weighted by Crippen LogP contribution is -2.10. The van der Waals surface area contributed by atoms with Crippen molar-refractivity contribution in [3.8, 4) is 17.1 Å². The van der Waals surface area contributed by atoms with Crippen LogP contribution >= 0.6 is 11.8 Å². The van der Waals surface area contributed by atoms with Gasteiger partial charge in [0.15, 0.2) is 11.0 Å².